The first kappa shape index (κ1) is 21.4. The molecule has 2 aromatic carbocycles. The number of hydrogen-bond donors (Lipinski definition) is 2. The molecule has 0 aliphatic carbocycles. The molecule has 2 aromatic rings. The summed E-state index contributed by atoms with van der Waals surface area (Å²) in [4.78, 5) is 16.6. The number of methoxy groups -OCH3 is 2. The summed E-state index contributed by atoms with van der Waals surface area (Å²) in [5.74, 6) is 1.05. The lowest BCUT2D eigenvalue weighted by atomic mass is 10.1. The van der Waals surface area contributed by atoms with Crippen molar-refractivity contribution < 1.29 is 14.3 Å². The lowest BCUT2D eigenvalue weighted by Gasteiger charge is -2.26. The van der Waals surface area contributed by atoms with Gasteiger partial charge in [-0.1, -0.05) is 18.2 Å². The molecule has 0 spiro atoms. The summed E-state index contributed by atoms with van der Waals surface area (Å²) in [5.41, 5.74) is 2.82. The molecular weight excluding hydrogens is 356 g/mol. The number of urea groups is 1. The van der Waals surface area contributed by atoms with Crippen LogP contribution in [-0.4, -0.2) is 59.9 Å². The number of carbonyl (C=O) groups excluding carboxylic acids is 1. The second-order valence-corrected chi connectivity index (χ2v) is 6.84. The molecule has 28 heavy (non-hydrogen) atoms. The fourth-order valence-electron chi connectivity index (χ4n) is 2.93. The molecule has 0 bridgehead atoms. The second-order valence-electron chi connectivity index (χ2n) is 6.84. The molecule has 0 fully saturated rings. The summed E-state index contributed by atoms with van der Waals surface area (Å²) in [6.45, 7) is 0.465. The molecule has 152 valence electrons. The van der Waals surface area contributed by atoms with Crippen LogP contribution in [0.15, 0.2) is 42.5 Å². The Balaban J connectivity index is 2.05. The molecule has 0 aliphatic rings. The van der Waals surface area contributed by atoms with Crippen molar-refractivity contribution in [2.75, 3.05) is 59.2 Å². The van der Waals surface area contributed by atoms with Gasteiger partial charge in [0.05, 0.1) is 25.9 Å². The minimum atomic E-state index is -0.302. The van der Waals surface area contributed by atoms with Gasteiger partial charge >= 0.3 is 6.03 Å². The molecule has 0 unspecified atom stereocenters. The number of anilines is 2. The third-order valence-electron chi connectivity index (χ3n) is 4.52. The van der Waals surface area contributed by atoms with Crippen molar-refractivity contribution in [3.8, 4) is 11.5 Å². The van der Waals surface area contributed by atoms with E-state index < -0.39 is 0 Å². The first-order chi connectivity index (χ1) is 13.4. The highest BCUT2D eigenvalue weighted by Crippen LogP contribution is 2.34. The molecule has 0 radical (unpaired) electrons. The standard InChI is InChI=1S/C21H30N4O3/c1-24(2)16-12-10-15(11-13-16)18(25(3)4)14-22-21(26)23-17-8-7-9-19(27-5)20(17)28-6/h7-13,18H,14H2,1-6H3,(H2,22,23,26)/t18-/m1/s1. The van der Waals surface area contributed by atoms with E-state index in [1.54, 1.807) is 32.4 Å². The van der Waals surface area contributed by atoms with Crippen LogP contribution < -0.4 is 25.0 Å². The average Bonchev–Trinajstić information content (AvgIpc) is 2.68. The minimum absolute atomic E-state index is 0.0502. The van der Waals surface area contributed by atoms with E-state index in [4.69, 9.17) is 9.47 Å². The fourth-order valence-corrected chi connectivity index (χ4v) is 2.93. The van der Waals surface area contributed by atoms with Crippen LogP contribution in [0.2, 0.25) is 0 Å². The maximum atomic E-state index is 12.4. The van der Waals surface area contributed by atoms with Gasteiger partial charge in [0.1, 0.15) is 0 Å². The zero-order valence-electron chi connectivity index (χ0n) is 17.4. The van der Waals surface area contributed by atoms with Crippen molar-refractivity contribution in [1.82, 2.24) is 10.2 Å². The normalized spacial score (nSPS) is 11.7. The van der Waals surface area contributed by atoms with Gasteiger partial charge in [0, 0.05) is 26.3 Å². The Hall–Kier alpha value is -2.93. The highest BCUT2D eigenvalue weighted by molar-refractivity contribution is 5.91. The van der Waals surface area contributed by atoms with Gasteiger partial charge < -0.3 is 29.9 Å². The van der Waals surface area contributed by atoms with E-state index in [0.29, 0.717) is 23.7 Å². The smallest absolute Gasteiger partial charge is 0.319 e. The second kappa shape index (κ2) is 9.85. The summed E-state index contributed by atoms with van der Waals surface area (Å²) in [6, 6.07) is 13.4. The number of benzene rings is 2. The molecule has 0 aromatic heterocycles. The van der Waals surface area contributed by atoms with E-state index in [-0.39, 0.29) is 12.1 Å². The third kappa shape index (κ3) is 5.29. The Kier molecular flexibility index (Phi) is 7.52. The number of nitrogens with one attached hydrogen (secondary N) is 2. The Labute approximate surface area is 167 Å². The van der Waals surface area contributed by atoms with Crippen molar-refractivity contribution >= 4 is 17.4 Å². The van der Waals surface area contributed by atoms with Crippen LogP contribution in [0, 0.1) is 0 Å². The number of likely N-dealkylation sites (N-methyl/N-ethyl adjacent to an activating group) is 1. The van der Waals surface area contributed by atoms with E-state index >= 15 is 0 Å². The van der Waals surface area contributed by atoms with Crippen molar-refractivity contribution in [3.05, 3.63) is 48.0 Å². The molecular formula is C21H30N4O3. The van der Waals surface area contributed by atoms with Crippen molar-refractivity contribution in [3.63, 3.8) is 0 Å². The van der Waals surface area contributed by atoms with Crippen molar-refractivity contribution in [2.45, 2.75) is 6.04 Å². The number of para-hydroxylation sites is 1. The van der Waals surface area contributed by atoms with Crippen LogP contribution in [0.5, 0.6) is 11.5 Å². The highest BCUT2D eigenvalue weighted by Gasteiger charge is 2.17. The molecule has 2 amide bonds. The molecule has 0 saturated carbocycles. The van der Waals surface area contributed by atoms with Crippen LogP contribution in [0.4, 0.5) is 16.2 Å². The summed E-state index contributed by atoms with van der Waals surface area (Å²) in [7, 11) is 11.1. The van der Waals surface area contributed by atoms with Crippen LogP contribution >= 0.6 is 0 Å². The highest BCUT2D eigenvalue weighted by atomic mass is 16.5. The number of ether oxygens (including phenoxy) is 2. The monoisotopic (exact) mass is 386 g/mol. The molecule has 0 saturated heterocycles. The number of rotatable bonds is 8. The van der Waals surface area contributed by atoms with Crippen LogP contribution in [-0.2, 0) is 0 Å². The number of nitrogens with zero attached hydrogens (tertiary/aromatic N) is 2. The zero-order valence-corrected chi connectivity index (χ0v) is 17.4. The van der Waals surface area contributed by atoms with Crippen molar-refractivity contribution in [2.24, 2.45) is 0 Å². The van der Waals surface area contributed by atoms with E-state index in [1.165, 1.54) is 0 Å². The van der Waals surface area contributed by atoms with Gasteiger partial charge in [-0.2, -0.15) is 0 Å². The van der Waals surface area contributed by atoms with Gasteiger partial charge in [-0.3, -0.25) is 0 Å². The number of carbonyl (C=O) groups is 1. The lowest BCUT2D eigenvalue weighted by Crippen LogP contribution is -2.37. The van der Waals surface area contributed by atoms with Gasteiger partial charge in [-0.25, -0.2) is 4.79 Å². The third-order valence-corrected chi connectivity index (χ3v) is 4.52. The maximum absolute atomic E-state index is 12.4. The molecule has 7 heteroatoms. The molecule has 1 atom stereocenters. The Bertz CT molecular complexity index is 776. The van der Waals surface area contributed by atoms with Crippen LogP contribution in [0.25, 0.3) is 0 Å². The summed E-state index contributed by atoms with van der Waals surface area (Å²) in [5, 5.41) is 5.76. The Morgan fingerprint density at radius 1 is 1.00 bits per heavy atom. The average molecular weight is 386 g/mol. The van der Waals surface area contributed by atoms with Gasteiger partial charge in [-0.05, 0) is 43.9 Å². The summed E-state index contributed by atoms with van der Waals surface area (Å²) >= 11 is 0. The number of amides is 2. The van der Waals surface area contributed by atoms with Crippen LogP contribution in [0.3, 0.4) is 0 Å². The maximum Gasteiger partial charge on any atom is 0.319 e. The van der Waals surface area contributed by atoms with E-state index in [2.05, 4.69) is 44.7 Å². The number of hydrogen-bond acceptors (Lipinski definition) is 5. The fraction of sp³-hybridized carbons (Fsp3) is 0.381. The van der Waals surface area contributed by atoms with E-state index in [9.17, 15) is 4.79 Å². The Morgan fingerprint density at radius 3 is 2.21 bits per heavy atom. The quantitative estimate of drug-likeness (QED) is 0.729. The van der Waals surface area contributed by atoms with Gasteiger partial charge in [0.25, 0.3) is 0 Å². The van der Waals surface area contributed by atoms with E-state index in [0.717, 1.165) is 11.3 Å². The largest absolute Gasteiger partial charge is 0.493 e. The summed E-state index contributed by atoms with van der Waals surface area (Å²) in [6.07, 6.45) is 0. The van der Waals surface area contributed by atoms with Crippen molar-refractivity contribution in [1.29, 1.82) is 0 Å². The topological polar surface area (TPSA) is 66.1 Å². The molecule has 2 rings (SSSR count). The first-order valence-electron chi connectivity index (χ1n) is 9.07. The first-order valence-corrected chi connectivity index (χ1v) is 9.07. The SMILES string of the molecule is COc1cccc(NC(=O)NC[C@H](c2ccc(N(C)C)cc2)N(C)C)c1OC. The molecule has 0 heterocycles. The Morgan fingerprint density at radius 2 is 1.68 bits per heavy atom. The predicted octanol–water partition coefficient (Wildman–Crippen LogP) is 3.19. The lowest BCUT2D eigenvalue weighted by molar-refractivity contribution is 0.243. The van der Waals surface area contributed by atoms with Crippen LogP contribution in [0.1, 0.15) is 11.6 Å². The van der Waals surface area contributed by atoms with E-state index in [1.807, 2.05) is 28.2 Å². The zero-order chi connectivity index (χ0) is 20.7. The molecule has 2 N–H and O–H groups in total. The predicted molar refractivity (Wildman–Crippen MR) is 114 cm³/mol. The van der Waals surface area contributed by atoms with Gasteiger partial charge in [0.2, 0.25) is 0 Å². The van der Waals surface area contributed by atoms with Gasteiger partial charge in [-0.15, -0.1) is 0 Å². The van der Waals surface area contributed by atoms with Gasteiger partial charge in [0.15, 0.2) is 11.5 Å². The minimum Gasteiger partial charge on any atom is -0.493 e. The molecule has 0 aliphatic heterocycles. The molecule has 7 nitrogen and oxygen atoms in total. The summed E-state index contributed by atoms with van der Waals surface area (Å²) < 4.78 is 10.6.